The normalized spacial score (nSPS) is 10.1. The number of rotatable bonds is 4. The molecule has 0 unspecified atom stereocenters. The fourth-order valence-electron chi connectivity index (χ4n) is 1.49. The van der Waals surface area contributed by atoms with Crippen molar-refractivity contribution >= 4 is 11.6 Å². The predicted molar refractivity (Wildman–Crippen MR) is 66.3 cm³/mol. The smallest absolute Gasteiger partial charge is 0.305 e. The summed E-state index contributed by atoms with van der Waals surface area (Å²) in [5.74, 6) is -1.53. The number of nitrogens with one attached hydrogen (secondary N) is 1. The summed E-state index contributed by atoms with van der Waals surface area (Å²) in [6.45, 7) is 0.145. The molecule has 1 N–H and O–H groups in total. The van der Waals surface area contributed by atoms with Gasteiger partial charge >= 0.3 is 5.69 Å². The van der Waals surface area contributed by atoms with Crippen LogP contribution < -0.4 is 5.32 Å². The molecule has 0 fully saturated rings. The van der Waals surface area contributed by atoms with Crippen molar-refractivity contribution in [2.45, 2.75) is 6.54 Å². The van der Waals surface area contributed by atoms with Crippen LogP contribution in [-0.4, -0.2) is 20.8 Å². The first-order chi connectivity index (χ1) is 9.58. The van der Waals surface area contributed by atoms with E-state index in [9.17, 15) is 19.3 Å². The maximum Gasteiger partial charge on any atom is 0.305 e. The van der Waals surface area contributed by atoms with Crippen LogP contribution in [0.4, 0.5) is 10.1 Å². The van der Waals surface area contributed by atoms with Gasteiger partial charge in [-0.3, -0.25) is 14.9 Å². The molecule has 0 spiro atoms. The highest BCUT2D eigenvalue weighted by atomic mass is 19.1. The molecule has 0 saturated carbocycles. The topological polar surface area (TPSA) is 98.0 Å². The lowest BCUT2D eigenvalue weighted by atomic mass is 10.2. The van der Waals surface area contributed by atoms with Crippen molar-refractivity contribution in [1.82, 2.24) is 15.3 Å². The van der Waals surface area contributed by atoms with Gasteiger partial charge in [-0.2, -0.15) is 4.39 Å². The number of nitro benzene ring substituents is 1. The highest BCUT2D eigenvalue weighted by Gasteiger charge is 2.17. The van der Waals surface area contributed by atoms with E-state index < -0.39 is 22.3 Å². The fraction of sp³-hybridized carbons (Fsp3) is 0.0833. The summed E-state index contributed by atoms with van der Waals surface area (Å²) in [6.07, 6.45) is 2.86. The van der Waals surface area contributed by atoms with E-state index >= 15 is 0 Å². The van der Waals surface area contributed by atoms with Gasteiger partial charge in [-0.25, -0.2) is 9.97 Å². The summed E-state index contributed by atoms with van der Waals surface area (Å²) in [7, 11) is 0. The van der Waals surface area contributed by atoms with E-state index in [-0.39, 0.29) is 12.1 Å². The number of nitrogens with zero attached hydrogens (tertiary/aromatic N) is 3. The van der Waals surface area contributed by atoms with Crippen molar-refractivity contribution in [2.75, 3.05) is 0 Å². The van der Waals surface area contributed by atoms with Crippen molar-refractivity contribution in [3.8, 4) is 0 Å². The first kappa shape index (κ1) is 13.5. The molecule has 2 rings (SSSR count). The van der Waals surface area contributed by atoms with Crippen LogP contribution in [0.1, 0.15) is 16.1 Å². The van der Waals surface area contributed by atoms with E-state index in [1.807, 2.05) is 0 Å². The number of carbonyl (C=O) groups is 1. The minimum atomic E-state index is -0.984. The molecular formula is C12H9FN4O3. The summed E-state index contributed by atoms with van der Waals surface area (Å²) in [5, 5.41) is 13.1. The third-order valence-corrected chi connectivity index (χ3v) is 2.48. The summed E-state index contributed by atoms with van der Waals surface area (Å²) < 4.78 is 13.1. The molecule has 102 valence electrons. The van der Waals surface area contributed by atoms with Gasteiger partial charge in [0.05, 0.1) is 17.2 Å². The Kier molecular flexibility index (Phi) is 3.94. The predicted octanol–water partition coefficient (Wildman–Crippen LogP) is 1.45. The van der Waals surface area contributed by atoms with Gasteiger partial charge in [-0.05, 0) is 18.2 Å². The van der Waals surface area contributed by atoms with Crippen LogP contribution in [0.2, 0.25) is 0 Å². The number of carbonyl (C=O) groups excluding carboxylic acids is 1. The second-order valence-electron chi connectivity index (χ2n) is 3.81. The first-order valence-electron chi connectivity index (χ1n) is 5.55. The van der Waals surface area contributed by atoms with Gasteiger partial charge in [-0.1, -0.05) is 0 Å². The van der Waals surface area contributed by atoms with Crippen LogP contribution in [0, 0.1) is 15.9 Å². The molecule has 0 aliphatic carbocycles. The van der Waals surface area contributed by atoms with Crippen LogP contribution in [0.25, 0.3) is 0 Å². The third-order valence-electron chi connectivity index (χ3n) is 2.48. The maximum atomic E-state index is 13.1. The highest BCUT2D eigenvalue weighted by Crippen LogP contribution is 2.18. The van der Waals surface area contributed by atoms with Gasteiger partial charge in [0.2, 0.25) is 5.82 Å². The van der Waals surface area contributed by atoms with Crippen LogP contribution in [-0.2, 0) is 6.54 Å². The molecule has 0 aliphatic heterocycles. The molecule has 1 aromatic heterocycles. The SMILES string of the molecule is O=C(NCc1ccncn1)c1ccc(F)c([N+](=O)[O-])c1. The Bertz CT molecular complexity index is 648. The number of hydrogen-bond donors (Lipinski definition) is 1. The van der Waals surface area contributed by atoms with Crippen molar-refractivity contribution in [1.29, 1.82) is 0 Å². The minimum Gasteiger partial charge on any atom is -0.346 e. The molecule has 0 radical (unpaired) electrons. The third kappa shape index (κ3) is 3.10. The van der Waals surface area contributed by atoms with E-state index in [0.29, 0.717) is 5.69 Å². The Morgan fingerprint density at radius 1 is 1.40 bits per heavy atom. The summed E-state index contributed by atoms with van der Waals surface area (Å²) in [6, 6.07) is 4.58. The maximum absolute atomic E-state index is 13.1. The molecule has 7 nitrogen and oxygen atoms in total. The van der Waals surface area contributed by atoms with Crippen molar-refractivity contribution in [3.63, 3.8) is 0 Å². The van der Waals surface area contributed by atoms with E-state index in [2.05, 4.69) is 15.3 Å². The molecule has 0 saturated heterocycles. The molecule has 1 aromatic carbocycles. The van der Waals surface area contributed by atoms with Crippen LogP contribution in [0.3, 0.4) is 0 Å². The van der Waals surface area contributed by atoms with E-state index in [1.165, 1.54) is 18.6 Å². The average molecular weight is 276 g/mol. The fourth-order valence-corrected chi connectivity index (χ4v) is 1.49. The summed E-state index contributed by atoms with van der Waals surface area (Å²) >= 11 is 0. The Labute approximate surface area is 112 Å². The molecule has 1 heterocycles. The quantitative estimate of drug-likeness (QED) is 0.673. The van der Waals surface area contributed by atoms with E-state index in [4.69, 9.17) is 0 Å². The Hall–Kier alpha value is -2.90. The molecular weight excluding hydrogens is 267 g/mol. The van der Waals surface area contributed by atoms with Crippen molar-refractivity contribution < 1.29 is 14.1 Å². The van der Waals surface area contributed by atoms with Gasteiger partial charge in [0.25, 0.3) is 5.91 Å². The molecule has 8 heteroatoms. The molecule has 0 atom stereocenters. The second-order valence-corrected chi connectivity index (χ2v) is 3.81. The minimum absolute atomic E-state index is 0.00663. The summed E-state index contributed by atoms with van der Waals surface area (Å²) in [5.41, 5.74) is -0.142. The van der Waals surface area contributed by atoms with E-state index in [1.54, 1.807) is 6.07 Å². The number of benzene rings is 1. The van der Waals surface area contributed by atoms with Gasteiger partial charge < -0.3 is 5.32 Å². The summed E-state index contributed by atoms with van der Waals surface area (Å²) in [4.78, 5) is 29.2. The molecule has 2 aromatic rings. The zero-order valence-electron chi connectivity index (χ0n) is 10.1. The Balaban J connectivity index is 2.10. The number of amides is 1. The average Bonchev–Trinajstić information content (AvgIpc) is 2.46. The van der Waals surface area contributed by atoms with Gasteiger partial charge in [0.15, 0.2) is 0 Å². The number of nitro groups is 1. The van der Waals surface area contributed by atoms with Crippen LogP contribution >= 0.6 is 0 Å². The zero-order chi connectivity index (χ0) is 14.5. The van der Waals surface area contributed by atoms with Gasteiger partial charge in [-0.15, -0.1) is 0 Å². The van der Waals surface area contributed by atoms with E-state index in [0.717, 1.165) is 12.1 Å². The molecule has 1 amide bonds. The number of hydrogen-bond acceptors (Lipinski definition) is 5. The second kappa shape index (κ2) is 5.83. The van der Waals surface area contributed by atoms with Crippen molar-refractivity contribution in [3.05, 3.63) is 64.0 Å². The van der Waals surface area contributed by atoms with Crippen LogP contribution in [0.15, 0.2) is 36.8 Å². The molecule has 0 bridgehead atoms. The molecule has 0 aliphatic rings. The Morgan fingerprint density at radius 2 is 2.20 bits per heavy atom. The lowest BCUT2D eigenvalue weighted by Gasteiger charge is -2.04. The number of aromatic nitrogens is 2. The number of halogens is 1. The Morgan fingerprint density at radius 3 is 2.85 bits per heavy atom. The molecule has 20 heavy (non-hydrogen) atoms. The zero-order valence-corrected chi connectivity index (χ0v) is 10.1. The van der Waals surface area contributed by atoms with Crippen LogP contribution in [0.5, 0.6) is 0 Å². The largest absolute Gasteiger partial charge is 0.346 e. The lowest BCUT2D eigenvalue weighted by molar-refractivity contribution is -0.387. The first-order valence-corrected chi connectivity index (χ1v) is 5.55. The monoisotopic (exact) mass is 276 g/mol. The highest BCUT2D eigenvalue weighted by molar-refractivity contribution is 5.94. The van der Waals surface area contributed by atoms with Gasteiger partial charge in [0, 0.05) is 17.8 Å². The standard InChI is InChI=1S/C12H9FN4O3/c13-10-2-1-8(5-11(10)17(19)20)12(18)15-6-9-3-4-14-7-16-9/h1-5,7H,6H2,(H,15,18). The van der Waals surface area contributed by atoms with Crippen molar-refractivity contribution in [2.24, 2.45) is 0 Å². The van der Waals surface area contributed by atoms with Gasteiger partial charge in [0.1, 0.15) is 6.33 Å². The lowest BCUT2D eigenvalue weighted by Crippen LogP contribution is -2.23.